The first-order valence-electron chi connectivity index (χ1n) is 2.71. The fourth-order valence-electron chi connectivity index (χ4n) is 0.546. The fraction of sp³-hybridized carbons (Fsp3) is 0. The van der Waals surface area contributed by atoms with Crippen molar-refractivity contribution in [2.24, 2.45) is 0 Å². The number of hydrogen-bond donors (Lipinski definition) is 1. The second-order valence-electron chi connectivity index (χ2n) is 1.90. The molecule has 0 spiro atoms. The molecule has 0 atom stereocenters. The van der Waals surface area contributed by atoms with Crippen LogP contribution < -0.4 is 0 Å². The summed E-state index contributed by atoms with van der Waals surface area (Å²) in [7, 11) is 1.08. The van der Waals surface area contributed by atoms with Crippen molar-refractivity contribution in [3.05, 3.63) is 17.3 Å². The Morgan fingerprint density at radius 1 is 1.42 bits per heavy atom. The maximum absolute atomic E-state index is 10.7. The van der Waals surface area contributed by atoms with E-state index in [0.717, 1.165) is 12.1 Å². The maximum atomic E-state index is 10.7. The van der Waals surface area contributed by atoms with E-state index in [2.05, 4.69) is 4.98 Å². The van der Waals surface area contributed by atoms with Crippen molar-refractivity contribution in [1.29, 1.82) is 0 Å². The molecule has 0 aromatic carbocycles. The number of aromatic nitrogens is 1. The second kappa shape index (κ2) is 3.08. The molecular formula is C5H3Cl2NO3S. The molecule has 0 unspecified atom stereocenters. The standard InChI is InChI=1S/C5H3Cl2NO3S/c6-5-3(9)1-2-4(8-5)12(7,10)11/h1-2,9H. The average molecular weight is 228 g/mol. The summed E-state index contributed by atoms with van der Waals surface area (Å²) in [5.74, 6) is -0.291. The summed E-state index contributed by atoms with van der Waals surface area (Å²) in [6.45, 7) is 0. The Labute approximate surface area is 78.2 Å². The van der Waals surface area contributed by atoms with Crippen LogP contribution in [0, 0.1) is 0 Å². The van der Waals surface area contributed by atoms with Gasteiger partial charge in [-0.05, 0) is 12.1 Å². The van der Waals surface area contributed by atoms with E-state index in [4.69, 9.17) is 27.4 Å². The zero-order chi connectivity index (χ0) is 9.35. The number of nitrogens with zero attached hydrogens (tertiary/aromatic N) is 1. The average Bonchev–Trinajstić information content (AvgIpc) is 1.92. The van der Waals surface area contributed by atoms with Gasteiger partial charge in [0.1, 0.15) is 0 Å². The lowest BCUT2D eigenvalue weighted by atomic mass is 10.5. The van der Waals surface area contributed by atoms with Crippen molar-refractivity contribution >= 4 is 31.3 Å². The van der Waals surface area contributed by atoms with Crippen LogP contribution in [0.3, 0.4) is 0 Å². The molecule has 1 heterocycles. The van der Waals surface area contributed by atoms with Gasteiger partial charge in [-0.1, -0.05) is 11.6 Å². The molecule has 0 fully saturated rings. The largest absolute Gasteiger partial charge is 0.505 e. The molecule has 7 heteroatoms. The van der Waals surface area contributed by atoms with Crippen molar-refractivity contribution in [3.8, 4) is 5.75 Å². The molecule has 4 nitrogen and oxygen atoms in total. The van der Waals surface area contributed by atoms with Gasteiger partial charge >= 0.3 is 0 Å². The minimum absolute atomic E-state index is 0.291. The quantitative estimate of drug-likeness (QED) is 0.582. The Bertz CT molecular complexity index is 403. The van der Waals surface area contributed by atoms with E-state index < -0.39 is 9.05 Å². The zero-order valence-electron chi connectivity index (χ0n) is 5.53. The monoisotopic (exact) mass is 227 g/mol. The van der Waals surface area contributed by atoms with Gasteiger partial charge in [0.15, 0.2) is 15.9 Å². The van der Waals surface area contributed by atoms with Gasteiger partial charge in [-0.3, -0.25) is 0 Å². The van der Waals surface area contributed by atoms with E-state index in [1.54, 1.807) is 0 Å². The highest BCUT2D eigenvalue weighted by molar-refractivity contribution is 8.13. The Balaban J connectivity index is 3.33. The topological polar surface area (TPSA) is 67.3 Å². The number of halogens is 2. The van der Waals surface area contributed by atoms with Crippen LogP contribution >= 0.6 is 22.3 Å². The SMILES string of the molecule is O=S(=O)(Cl)c1ccc(O)c(Cl)n1. The molecule has 0 bridgehead atoms. The Hall–Kier alpha value is -0.520. The van der Waals surface area contributed by atoms with Crippen LogP contribution in [-0.2, 0) is 9.05 Å². The van der Waals surface area contributed by atoms with Crippen LogP contribution in [0.15, 0.2) is 17.2 Å². The van der Waals surface area contributed by atoms with Gasteiger partial charge in [-0.2, -0.15) is 0 Å². The van der Waals surface area contributed by atoms with Crippen molar-refractivity contribution in [2.45, 2.75) is 5.03 Å². The summed E-state index contributed by atoms with van der Waals surface area (Å²) in [4.78, 5) is 3.34. The first-order valence-corrected chi connectivity index (χ1v) is 5.40. The summed E-state index contributed by atoms with van der Waals surface area (Å²) in [6, 6.07) is 2.16. The lowest BCUT2D eigenvalue weighted by Gasteiger charge is -1.97. The van der Waals surface area contributed by atoms with Gasteiger partial charge in [0, 0.05) is 10.7 Å². The van der Waals surface area contributed by atoms with Crippen molar-refractivity contribution in [3.63, 3.8) is 0 Å². The van der Waals surface area contributed by atoms with Gasteiger partial charge < -0.3 is 5.11 Å². The highest BCUT2D eigenvalue weighted by Gasteiger charge is 2.13. The van der Waals surface area contributed by atoms with Crippen LogP contribution in [0.25, 0.3) is 0 Å². The van der Waals surface area contributed by atoms with E-state index in [-0.39, 0.29) is 15.9 Å². The van der Waals surface area contributed by atoms with Gasteiger partial charge in [0.25, 0.3) is 9.05 Å². The van der Waals surface area contributed by atoms with Gasteiger partial charge in [-0.15, -0.1) is 0 Å². The molecule has 1 aromatic heterocycles. The summed E-state index contributed by atoms with van der Waals surface area (Å²) in [5, 5.41) is 8.20. The number of aromatic hydroxyl groups is 1. The van der Waals surface area contributed by atoms with Crippen LogP contribution in [0.2, 0.25) is 5.15 Å². The summed E-state index contributed by atoms with van der Waals surface area (Å²) < 4.78 is 21.3. The lowest BCUT2D eigenvalue weighted by Crippen LogP contribution is -1.94. The van der Waals surface area contributed by atoms with Gasteiger partial charge in [0.2, 0.25) is 0 Å². The van der Waals surface area contributed by atoms with E-state index in [9.17, 15) is 8.42 Å². The van der Waals surface area contributed by atoms with Crippen LogP contribution in [0.1, 0.15) is 0 Å². The van der Waals surface area contributed by atoms with Crippen molar-refractivity contribution < 1.29 is 13.5 Å². The molecule has 0 saturated heterocycles. The van der Waals surface area contributed by atoms with Crippen molar-refractivity contribution in [1.82, 2.24) is 4.98 Å². The fourth-order valence-corrected chi connectivity index (χ4v) is 1.44. The highest BCUT2D eigenvalue weighted by atomic mass is 35.7. The van der Waals surface area contributed by atoms with Gasteiger partial charge in [-0.25, -0.2) is 13.4 Å². The third-order valence-corrected chi connectivity index (χ3v) is 2.53. The number of rotatable bonds is 1. The second-order valence-corrected chi connectivity index (χ2v) is 4.77. The summed E-state index contributed by atoms with van der Waals surface area (Å²) >= 11 is 5.34. The molecule has 66 valence electrons. The first-order chi connectivity index (χ1) is 5.41. The van der Waals surface area contributed by atoms with Crippen LogP contribution in [0.4, 0.5) is 0 Å². The molecule has 0 aliphatic carbocycles. The minimum Gasteiger partial charge on any atom is -0.505 e. The zero-order valence-corrected chi connectivity index (χ0v) is 7.86. The molecule has 0 radical (unpaired) electrons. The predicted molar refractivity (Wildman–Crippen MR) is 44.0 cm³/mol. The van der Waals surface area contributed by atoms with Gasteiger partial charge in [0.05, 0.1) is 0 Å². The summed E-state index contributed by atoms with van der Waals surface area (Å²) in [5.41, 5.74) is 0. The maximum Gasteiger partial charge on any atom is 0.278 e. The van der Waals surface area contributed by atoms with E-state index >= 15 is 0 Å². The smallest absolute Gasteiger partial charge is 0.278 e. The number of hydrogen-bond acceptors (Lipinski definition) is 4. The molecule has 0 saturated carbocycles. The minimum atomic E-state index is -3.88. The molecule has 0 aliphatic heterocycles. The van der Waals surface area contributed by atoms with Crippen molar-refractivity contribution in [2.75, 3.05) is 0 Å². The van der Waals surface area contributed by atoms with E-state index in [0.29, 0.717) is 0 Å². The molecule has 1 aromatic rings. The third-order valence-electron chi connectivity index (χ3n) is 1.05. The first kappa shape index (κ1) is 9.57. The van der Waals surface area contributed by atoms with E-state index in [1.165, 1.54) is 0 Å². The normalized spacial score (nSPS) is 11.5. The Morgan fingerprint density at radius 2 is 2.00 bits per heavy atom. The predicted octanol–water partition coefficient (Wildman–Crippen LogP) is 1.37. The molecule has 1 N–H and O–H groups in total. The van der Waals surface area contributed by atoms with Crippen LogP contribution in [-0.4, -0.2) is 18.5 Å². The molecule has 12 heavy (non-hydrogen) atoms. The number of pyridine rings is 1. The molecule has 1 rings (SSSR count). The highest BCUT2D eigenvalue weighted by Crippen LogP contribution is 2.23. The Morgan fingerprint density at radius 3 is 2.42 bits per heavy atom. The Kier molecular flexibility index (Phi) is 2.46. The molecule has 0 aliphatic rings. The molecule has 0 amide bonds. The van der Waals surface area contributed by atoms with Crippen LogP contribution in [0.5, 0.6) is 5.75 Å². The summed E-state index contributed by atoms with van der Waals surface area (Å²) in [6.07, 6.45) is 0. The van der Waals surface area contributed by atoms with E-state index in [1.807, 2.05) is 0 Å². The molecular weight excluding hydrogens is 225 g/mol. The lowest BCUT2D eigenvalue weighted by molar-refractivity contribution is 0.471. The third kappa shape index (κ3) is 2.00.